The molecular formula is C24H26N6OS. The van der Waals surface area contributed by atoms with Gasteiger partial charge < -0.3 is 19.9 Å². The Kier molecular flexibility index (Phi) is 5.24. The van der Waals surface area contributed by atoms with Gasteiger partial charge in [0.25, 0.3) is 0 Å². The number of nitrogens with one attached hydrogen (secondary N) is 2. The molecule has 0 bridgehead atoms. The Hall–Kier alpha value is -2.97. The first kappa shape index (κ1) is 19.7. The third-order valence-corrected chi connectivity index (χ3v) is 7.18. The van der Waals surface area contributed by atoms with Gasteiger partial charge in [0.15, 0.2) is 5.13 Å². The van der Waals surface area contributed by atoms with Crippen LogP contribution in [0.3, 0.4) is 0 Å². The van der Waals surface area contributed by atoms with Gasteiger partial charge in [0.05, 0.1) is 23.8 Å². The van der Waals surface area contributed by atoms with E-state index in [9.17, 15) is 0 Å². The Morgan fingerprint density at radius 2 is 2.00 bits per heavy atom. The Morgan fingerprint density at radius 1 is 1.06 bits per heavy atom. The van der Waals surface area contributed by atoms with Crippen molar-refractivity contribution in [2.24, 2.45) is 0 Å². The summed E-state index contributed by atoms with van der Waals surface area (Å²) in [5.41, 5.74) is 5.05. The molecule has 8 heteroatoms. The van der Waals surface area contributed by atoms with E-state index in [1.807, 2.05) is 6.20 Å². The third-order valence-electron chi connectivity index (χ3n) is 6.27. The molecule has 1 unspecified atom stereocenters. The minimum absolute atomic E-state index is 0.150. The molecule has 32 heavy (non-hydrogen) atoms. The van der Waals surface area contributed by atoms with E-state index in [4.69, 9.17) is 14.7 Å². The average molecular weight is 447 g/mol. The van der Waals surface area contributed by atoms with E-state index < -0.39 is 0 Å². The van der Waals surface area contributed by atoms with E-state index in [0.29, 0.717) is 5.88 Å². The largest absolute Gasteiger partial charge is 0.472 e. The maximum atomic E-state index is 6.09. The van der Waals surface area contributed by atoms with E-state index in [1.165, 1.54) is 12.8 Å². The molecule has 5 heterocycles. The van der Waals surface area contributed by atoms with Crippen LogP contribution in [0.2, 0.25) is 0 Å². The first-order valence-electron chi connectivity index (χ1n) is 11.4. The fraction of sp³-hybridized carbons (Fsp3) is 0.375. The van der Waals surface area contributed by atoms with Gasteiger partial charge in [-0.05, 0) is 44.4 Å². The van der Waals surface area contributed by atoms with Crippen molar-refractivity contribution in [2.75, 3.05) is 31.1 Å². The van der Waals surface area contributed by atoms with E-state index in [0.717, 1.165) is 77.6 Å². The number of anilines is 1. The predicted octanol–water partition coefficient (Wildman–Crippen LogP) is 4.48. The highest BCUT2D eigenvalue weighted by atomic mass is 32.1. The van der Waals surface area contributed by atoms with Crippen LogP contribution < -0.4 is 15.0 Å². The molecule has 2 N–H and O–H groups in total. The number of aromatic nitrogens is 4. The number of rotatable bonds is 5. The molecule has 2 fully saturated rings. The molecule has 164 valence electrons. The number of thiazole rings is 1. The highest BCUT2D eigenvalue weighted by Crippen LogP contribution is 2.34. The van der Waals surface area contributed by atoms with Crippen LogP contribution in [0.1, 0.15) is 25.7 Å². The number of H-pyrrole nitrogens is 1. The standard InChI is InChI=1S/C24H26N6OS/c1-2-9-30(8-1)24-29-22(15-32-24)16-5-6-20-18(10-16)19(12-27-20)21-13-26-14-23(28-21)31-17-4-3-7-25-11-17/h5-6,10,12-15,17,25,27H,1-4,7-9,11H2. The molecule has 1 aromatic carbocycles. The normalized spacial score (nSPS) is 19.0. The number of piperidine rings is 1. The molecule has 7 nitrogen and oxygen atoms in total. The van der Waals surface area contributed by atoms with Crippen LogP contribution in [0.4, 0.5) is 5.13 Å². The fourth-order valence-corrected chi connectivity index (χ4v) is 5.46. The second-order valence-electron chi connectivity index (χ2n) is 8.50. The van der Waals surface area contributed by atoms with Gasteiger partial charge in [-0.2, -0.15) is 0 Å². The van der Waals surface area contributed by atoms with Crippen molar-refractivity contribution in [1.82, 2.24) is 25.3 Å². The lowest BCUT2D eigenvalue weighted by atomic mass is 10.1. The number of nitrogens with zero attached hydrogens (tertiary/aromatic N) is 4. The molecule has 2 aliphatic rings. The number of benzene rings is 1. The summed E-state index contributed by atoms with van der Waals surface area (Å²) in [6.07, 6.45) is 10.3. The molecule has 2 saturated heterocycles. The SMILES string of the molecule is c1cc2[nH]cc(-c3cncc(OC4CCCNC4)n3)c2cc1-c1csc(N2CCCC2)n1. The Bertz CT molecular complexity index is 1220. The van der Waals surface area contributed by atoms with Crippen LogP contribution in [0, 0.1) is 0 Å². The number of ether oxygens (including phenoxy) is 1. The van der Waals surface area contributed by atoms with Gasteiger partial charge >= 0.3 is 0 Å². The van der Waals surface area contributed by atoms with Crippen LogP contribution >= 0.6 is 11.3 Å². The third kappa shape index (κ3) is 3.84. The second kappa shape index (κ2) is 8.52. The molecule has 0 spiro atoms. The van der Waals surface area contributed by atoms with Gasteiger partial charge in [-0.15, -0.1) is 11.3 Å². The van der Waals surface area contributed by atoms with E-state index >= 15 is 0 Å². The predicted molar refractivity (Wildman–Crippen MR) is 128 cm³/mol. The molecule has 0 saturated carbocycles. The molecule has 3 aromatic heterocycles. The number of hydrogen-bond donors (Lipinski definition) is 2. The quantitative estimate of drug-likeness (QED) is 0.471. The molecule has 6 rings (SSSR count). The molecule has 2 aliphatic heterocycles. The Labute approximate surface area is 190 Å². The van der Waals surface area contributed by atoms with E-state index in [-0.39, 0.29) is 6.10 Å². The van der Waals surface area contributed by atoms with Crippen molar-refractivity contribution in [3.63, 3.8) is 0 Å². The second-order valence-corrected chi connectivity index (χ2v) is 9.34. The first-order chi connectivity index (χ1) is 15.8. The summed E-state index contributed by atoms with van der Waals surface area (Å²) < 4.78 is 6.09. The van der Waals surface area contributed by atoms with Crippen LogP contribution in [-0.2, 0) is 0 Å². The van der Waals surface area contributed by atoms with Crippen LogP contribution in [-0.4, -0.2) is 52.2 Å². The fourth-order valence-electron chi connectivity index (χ4n) is 4.57. The lowest BCUT2D eigenvalue weighted by molar-refractivity contribution is 0.160. The van der Waals surface area contributed by atoms with Crippen molar-refractivity contribution in [3.8, 4) is 28.4 Å². The van der Waals surface area contributed by atoms with Crippen molar-refractivity contribution in [3.05, 3.63) is 42.2 Å². The maximum Gasteiger partial charge on any atom is 0.233 e. The first-order valence-corrected chi connectivity index (χ1v) is 12.2. The average Bonchev–Trinajstić information content (AvgIpc) is 3.60. The molecule has 0 amide bonds. The van der Waals surface area contributed by atoms with Crippen molar-refractivity contribution >= 4 is 27.4 Å². The highest BCUT2D eigenvalue weighted by Gasteiger charge is 2.18. The smallest absolute Gasteiger partial charge is 0.233 e. The topological polar surface area (TPSA) is 79.0 Å². The van der Waals surface area contributed by atoms with Crippen molar-refractivity contribution in [1.29, 1.82) is 0 Å². The number of fused-ring (bicyclic) bond motifs is 1. The summed E-state index contributed by atoms with van der Waals surface area (Å²) in [5.74, 6) is 0.580. The molecule has 0 aliphatic carbocycles. The van der Waals surface area contributed by atoms with Gasteiger partial charge in [-0.3, -0.25) is 4.98 Å². The molecule has 0 radical (unpaired) electrons. The zero-order chi connectivity index (χ0) is 21.3. The van der Waals surface area contributed by atoms with Crippen molar-refractivity contribution < 1.29 is 4.74 Å². The summed E-state index contributed by atoms with van der Waals surface area (Å²) in [7, 11) is 0. The summed E-state index contributed by atoms with van der Waals surface area (Å²) in [5, 5.41) is 7.78. The summed E-state index contributed by atoms with van der Waals surface area (Å²) in [6, 6.07) is 6.45. The highest BCUT2D eigenvalue weighted by molar-refractivity contribution is 7.14. The van der Waals surface area contributed by atoms with Gasteiger partial charge in [-0.25, -0.2) is 9.97 Å². The number of hydrogen-bond acceptors (Lipinski definition) is 7. The lowest BCUT2D eigenvalue weighted by Crippen LogP contribution is -2.37. The molecular weight excluding hydrogens is 420 g/mol. The number of aromatic amines is 1. The zero-order valence-electron chi connectivity index (χ0n) is 17.9. The summed E-state index contributed by atoms with van der Waals surface area (Å²) in [4.78, 5) is 19.8. The van der Waals surface area contributed by atoms with E-state index in [2.05, 4.69) is 43.8 Å². The minimum Gasteiger partial charge on any atom is -0.472 e. The van der Waals surface area contributed by atoms with Crippen LogP contribution in [0.15, 0.2) is 42.2 Å². The van der Waals surface area contributed by atoms with Crippen LogP contribution in [0.5, 0.6) is 5.88 Å². The maximum absolute atomic E-state index is 6.09. The van der Waals surface area contributed by atoms with E-state index in [1.54, 1.807) is 23.7 Å². The van der Waals surface area contributed by atoms with Gasteiger partial charge in [-0.1, -0.05) is 6.07 Å². The van der Waals surface area contributed by atoms with Gasteiger partial charge in [0, 0.05) is 53.2 Å². The summed E-state index contributed by atoms with van der Waals surface area (Å²) >= 11 is 1.73. The minimum atomic E-state index is 0.150. The molecule has 4 aromatic rings. The Balaban J connectivity index is 1.30. The lowest BCUT2D eigenvalue weighted by Gasteiger charge is -2.23. The molecule has 1 atom stereocenters. The Morgan fingerprint density at radius 3 is 2.88 bits per heavy atom. The zero-order valence-corrected chi connectivity index (χ0v) is 18.7. The summed E-state index contributed by atoms with van der Waals surface area (Å²) in [6.45, 7) is 4.14. The van der Waals surface area contributed by atoms with Crippen molar-refractivity contribution in [2.45, 2.75) is 31.8 Å². The van der Waals surface area contributed by atoms with Gasteiger partial charge in [0.2, 0.25) is 5.88 Å². The monoisotopic (exact) mass is 446 g/mol. The van der Waals surface area contributed by atoms with Gasteiger partial charge in [0.1, 0.15) is 6.10 Å². The van der Waals surface area contributed by atoms with Crippen LogP contribution in [0.25, 0.3) is 33.4 Å².